The predicted molar refractivity (Wildman–Crippen MR) is 85.6 cm³/mol. The summed E-state index contributed by atoms with van der Waals surface area (Å²) in [6.07, 6.45) is 0.812. The summed E-state index contributed by atoms with van der Waals surface area (Å²) in [6.45, 7) is 1.81. The molecule has 1 fully saturated rings. The quantitative estimate of drug-likeness (QED) is 0.930. The maximum absolute atomic E-state index is 13.0. The molecule has 1 saturated heterocycles. The molecule has 2 heterocycles. The first kappa shape index (κ1) is 16.7. The molecule has 0 aliphatic carbocycles. The summed E-state index contributed by atoms with van der Waals surface area (Å²) in [5.74, 6) is 0.707. The monoisotopic (exact) mass is 336 g/mol. The Kier molecular flexibility index (Phi) is 4.99. The maximum atomic E-state index is 13.0. The predicted octanol–water partition coefficient (Wildman–Crippen LogP) is 3.25. The van der Waals surface area contributed by atoms with Crippen LogP contribution in [0, 0.1) is 0 Å². The van der Waals surface area contributed by atoms with E-state index in [0.717, 1.165) is 32.0 Å². The second-order valence-electron chi connectivity index (χ2n) is 5.85. The third kappa shape index (κ3) is 4.03. The van der Waals surface area contributed by atoms with Crippen molar-refractivity contribution in [2.45, 2.75) is 31.6 Å². The van der Waals surface area contributed by atoms with Crippen molar-refractivity contribution in [2.75, 3.05) is 18.0 Å². The molecule has 1 N–H and O–H groups in total. The van der Waals surface area contributed by atoms with Crippen molar-refractivity contribution in [1.82, 2.24) is 15.3 Å². The summed E-state index contributed by atoms with van der Waals surface area (Å²) in [4.78, 5) is 10.6. The minimum atomic E-state index is -4.31. The van der Waals surface area contributed by atoms with Crippen LogP contribution in [0.15, 0.2) is 42.7 Å². The standard InChI is InChI=1S/C17H19F3N4/c18-17(19,20)15-5-2-1-4-13(15)12-23-14-6-10-24(11-7-14)16-21-8-3-9-22-16/h1-5,8-9,14,23H,6-7,10-12H2. The normalized spacial score (nSPS) is 16.4. The molecule has 0 radical (unpaired) electrons. The first-order valence-electron chi connectivity index (χ1n) is 7.94. The van der Waals surface area contributed by atoms with Gasteiger partial charge in [0.25, 0.3) is 0 Å². The Morgan fingerprint density at radius 2 is 1.71 bits per heavy atom. The molecule has 7 heteroatoms. The summed E-state index contributed by atoms with van der Waals surface area (Å²) in [5.41, 5.74) is -0.272. The van der Waals surface area contributed by atoms with Crippen molar-refractivity contribution in [1.29, 1.82) is 0 Å². The Bertz CT molecular complexity index is 652. The fourth-order valence-corrected chi connectivity index (χ4v) is 2.94. The molecule has 0 atom stereocenters. The van der Waals surface area contributed by atoms with Crippen LogP contribution in [0.4, 0.5) is 19.1 Å². The summed E-state index contributed by atoms with van der Waals surface area (Å²) in [5, 5.41) is 3.25. The van der Waals surface area contributed by atoms with Crippen LogP contribution in [0.1, 0.15) is 24.0 Å². The molecule has 0 unspecified atom stereocenters. The Labute approximate surface area is 138 Å². The van der Waals surface area contributed by atoms with Gasteiger partial charge in [-0.15, -0.1) is 0 Å². The second-order valence-corrected chi connectivity index (χ2v) is 5.85. The van der Waals surface area contributed by atoms with Crippen molar-refractivity contribution >= 4 is 5.95 Å². The molecule has 0 spiro atoms. The topological polar surface area (TPSA) is 41.0 Å². The minimum Gasteiger partial charge on any atom is -0.341 e. The van der Waals surface area contributed by atoms with Gasteiger partial charge in [0.15, 0.2) is 0 Å². The first-order chi connectivity index (χ1) is 11.5. The van der Waals surface area contributed by atoms with E-state index in [0.29, 0.717) is 11.5 Å². The highest BCUT2D eigenvalue weighted by Crippen LogP contribution is 2.31. The van der Waals surface area contributed by atoms with E-state index in [9.17, 15) is 13.2 Å². The summed E-state index contributed by atoms with van der Waals surface area (Å²) in [7, 11) is 0. The zero-order valence-electron chi connectivity index (χ0n) is 13.1. The molecule has 24 heavy (non-hydrogen) atoms. The number of aromatic nitrogens is 2. The lowest BCUT2D eigenvalue weighted by Gasteiger charge is -2.32. The Hall–Kier alpha value is -2.15. The molecular weight excluding hydrogens is 317 g/mol. The highest BCUT2D eigenvalue weighted by Gasteiger charge is 2.33. The number of rotatable bonds is 4. The van der Waals surface area contributed by atoms with Gasteiger partial charge in [0.05, 0.1) is 5.56 Å². The molecule has 4 nitrogen and oxygen atoms in total. The van der Waals surface area contributed by atoms with Crippen LogP contribution in [0.3, 0.4) is 0 Å². The average molecular weight is 336 g/mol. The summed E-state index contributed by atoms with van der Waals surface area (Å²) >= 11 is 0. The lowest BCUT2D eigenvalue weighted by atomic mass is 10.0. The van der Waals surface area contributed by atoms with E-state index in [-0.39, 0.29) is 12.6 Å². The van der Waals surface area contributed by atoms with Crippen LogP contribution in [-0.4, -0.2) is 29.1 Å². The fraction of sp³-hybridized carbons (Fsp3) is 0.412. The number of alkyl halides is 3. The lowest BCUT2D eigenvalue weighted by molar-refractivity contribution is -0.138. The first-order valence-corrected chi connectivity index (χ1v) is 7.94. The van der Waals surface area contributed by atoms with Crippen molar-refractivity contribution < 1.29 is 13.2 Å². The second kappa shape index (κ2) is 7.17. The molecule has 0 amide bonds. The van der Waals surface area contributed by atoms with Crippen molar-refractivity contribution in [3.05, 3.63) is 53.9 Å². The zero-order chi connectivity index (χ0) is 17.0. The Balaban J connectivity index is 1.55. The van der Waals surface area contributed by atoms with Crippen LogP contribution in [0.5, 0.6) is 0 Å². The van der Waals surface area contributed by atoms with Crippen LogP contribution in [0.25, 0.3) is 0 Å². The fourth-order valence-electron chi connectivity index (χ4n) is 2.94. The van der Waals surface area contributed by atoms with E-state index in [2.05, 4.69) is 20.2 Å². The summed E-state index contributed by atoms with van der Waals surface area (Å²) in [6, 6.07) is 7.70. The maximum Gasteiger partial charge on any atom is 0.416 e. The van der Waals surface area contributed by atoms with Gasteiger partial charge in [-0.25, -0.2) is 9.97 Å². The number of anilines is 1. The molecule has 1 aliphatic heterocycles. The van der Waals surface area contributed by atoms with Gasteiger partial charge in [-0.05, 0) is 30.5 Å². The molecule has 1 aromatic heterocycles. The van der Waals surface area contributed by atoms with Gasteiger partial charge in [0.1, 0.15) is 0 Å². The van der Waals surface area contributed by atoms with Gasteiger partial charge < -0.3 is 10.2 Å². The van der Waals surface area contributed by atoms with Crippen molar-refractivity contribution in [3.8, 4) is 0 Å². The molecule has 3 rings (SSSR count). The average Bonchev–Trinajstić information content (AvgIpc) is 2.61. The Morgan fingerprint density at radius 3 is 2.38 bits per heavy atom. The van der Waals surface area contributed by atoms with Crippen LogP contribution in [-0.2, 0) is 12.7 Å². The third-order valence-electron chi connectivity index (χ3n) is 4.23. The number of hydrogen-bond donors (Lipinski definition) is 1. The number of hydrogen-bond acceptors (Lipinski definition) is 4. The lowest BCUT2D eigenvalue weighted by Crippen LogP contribution is -2.43. The Morgan fingerprint density at radius 1 is 1.04 bits per heavy atom. The van der Waals surface area contributed by atoms with Gasteiger partial charge in [-0.2, -0.15) is 13.2 Å². The van der Waals surface area contributed by atoms with E-state index in [1.807, 2.05) is 0 Å². The van der Waals surface area contributed by atoms with Gasteiger partial charge >= 0.3 is 6.18 Å². The van der Waals surface area contributed by atoms with Crippen LogP contribution < -0.4 is 10.2 Å². The van der Waals surface area contributed by atoms with Crippen molar-refractivity contribution in [3.63, 3.8) is 0 Å². The zero-order valence-corrected chi connectivity index (χ0v) is 13.1. The smallest absolute Gasteiger partial charge is 0.341 e. The van der Waals surface area contributed by atoms with E-state index < -0.39 is 11.7 Å². The number of benzene rings is 1. The number of piperidine rings is 1. The van der Waals surface area contributed by atoms with Gasteiger partial charge in [0, 0.05) is 38.1 Å². The van der Waals surface area contributed by atoms with Gasteiger partial charge in [0.2, 0.25) is 5.95 Å². The van der Waals surface area contributed by atoms with Gasteiger partial charge in [-0.3, -0.25) is 0 Å². The summed E-state index contributed by atoms with van der Waals surface area (Å²) < 4.78 is 39.0. The third-order valence-corrected chi connectivity index (χ3v) is 4.23. The molecular formula is C17H19F3N4. The van der Waals surface area contributed by atoms with E-state index >= 15 is 0 Å². The van der Waals surface area contributed by atoms with E-state index in [1.54, 1.807) is 24.5 Å². The van der Waals surface area contributed by atoms with Crippen LogP contribution >= 0.6 is 0 Å². The molecule has 128 valence electrons. The largest absolute Gasteiger partial charge is 0.416 e. The highest BCUT2D eigenvalue weighted by molar-refractivity contribution is 5.30. The molecule has 1 aromatic carbocycles. The minimum absolute atomic E-state index is 0.200. The van der Waals surface area contributed by atoms with Gasteiger partial charge in [-0.1, -0.05) is 18.2 Å². The van der Waals surface area contributed by atoms with Crippen LogP contribution in [0.2, 0.25) is 0 Å². The van der Waals surface area contributed by atoms with E-state index in [4.69, 9.17) is 0 Å². The number of nitrogens with one attached hydrogen (secondary N) is 1. The molecule has 0 saturated carbocycles. The SMILES string of the molecule is FC(F)(F)c1ccccc1CNC1CCN(c2ncccn2)CC1. The number of halogens is 3. The molecule has 2 aromatic rings. The molecule has 1 aliphatic rings. The molecule has 0 bridgehead atoms. The van der Waals surface area contributed by atoms with E-state index in [1.165, 1.54) is 12.1 Å². The number of nitrogens with zero attached hydrogens (tertiary/aromatic N) is 3. The van der Waals surface area contributed by atoms with Crippen molar-refractivity contribution in [2.24, 2.45) is 0 Å². The highest BCUT2D eigenvalue weighted by atomic mass is 19.4.